The van der Waals surface area contributed by atoms with Gasteiger partial charge in [0, 0.05) is 5.69 Å². The predicted molar refractivity (Wildman–Crippen MR) is 85.3 cm³/mol. The van der Waals surface area contributed by atoms with Gasteiger partial charge in [-0.1, -0.05) is 23.2 Å². The highest BCUT2D eigenvalue weighted by Crippen LogP contribution is 2.37. The lowest BCUT2D eigenvalue weighted by atomic mass is 10.2. The van der Waals surface area contributed by atoms with Gasteiger partial charge < -0.3 is 4.74 Å². The van der Waals surface area contributed by atoms with E-state index in [0.29, 0.717) is 0 Å². The van der Waals surface area contributed by atoms with Crippen LogP contribution in [0.25, 0.3) is 0 Å². The van der Waals surface area contributed by atoms with E-state index in [1.165, 1.54) is 19.2 Å². The first-order chi connectivity index (χ1) is 11.1. The molecule has 0 amide bonds. The lowest BCUT2D eigenvalue weighted by molar-refractivity contribution is -0.137. The van der Waals surface area contributed by atoms with Gasteiger partial charge in [0.2, 0.25) is 0 Å². The van der Waals surface area contributed by atoms with Crippen molar-refractivity contribution in [2.75, 3.05) is 11.8 Å². The van der Waals surface area contributed by atoms with Gasteiger partial charge in [-0.05, 0) is 36.4 Å². The number of hydrogen-bond donors (Lipinski definition) is 1. The van der Waals surface area contributed by atoms with Crippen molar-refractivity contribution in [2.45, 2.75) is 11.1 Å². The van der Waals surface area contributed by atoms with Crippen LogP contribution >= 0.6 is 23.2 Å². The maximum atomic E-state index is 12.5. The molecule has 130 valence electrons. The first kappa shape index (κ1) is 18.7. The van der Waals surface area contributed by atoms with Crippen LogP contribution in [0.1, 0.15) is 5.56 Å². The Balaban J connectivity index is 2.34. The average molecular weight is 400 g/mol. The minimum absolute atomic E-state index is 0.0500. The van der Waals surface area contributed by atoms with Gasteiger partial charge in [0.1, 0.15) is 15.7 Å². The summed E-state index contributed by atoms with van der Waals surface area (Å²) in [6, 6.07) is 6.02. The number of anilines is 1. The standard InChI is InChI=1S/C14H10Cl2F3NO3S/c1-23-10-6-7-11(13(16)12(10)15)24(21,22)20-9-4-2-8(3-5-9)14(17,18)19/h2-7,20H,1H3. The quantitative estimate of drug-likeness (QED) is 0.801. The summed E-state index contributed by atoms with van der Waals surface area (Å²) in [4.78, 5) is -0.324. The van der Waals surface area contributed by atoms with Gasteiger partial charge in [0.05, 0.1) is 17.7 Å². The number of halogens is 5. The fraction of sp³-hybridized carbons (Fsp3) is 0.143. The van der Waals surface area contributed by atoms with Crippen LogP contribution in [0.5, 0.6) is 5.75 Å². The molecule has 0 aliphatic rings. The van der Waals surface area contributed by atoms with E-state index >= 15 is 0 Å². The summed E-state index contributed by atoms with van der Waals surface area (Å²) >= 11 is 11.8. The molecular formula is C14H10Cl2F3NO3S. The van der Waals surface area contributed by atoms with E-state index in [9.17, 15) is 21.6 Å². The van der Waals surface area contributed by atoms with Crippen LogP contribution in [0.15, 0.2) is 41.3 Å². The lowest BCUT2D eigenvalue weighted by Crippen LogP contribution is -2.14. The topological polar surface area (TPSA) is 55.4 Å². The van der Waals surface area contributed by atoms with E-state index in [1.54, 1.807) is 0 Å². The monoisotopic (exact) mass is 399 g/mol. The van der Waals surface area contributed by atoms with Crippen LogP contribution in [0.3, 0.4) is 0 Å². The Bertz CT molecular complexity index is 853. The largest absolute Gasteiger partial charge is 0.495 e. The Kier molecular flexibility index (Phi) is 5.22. The van der Waals surface area contributed by atoms with Crippen molar-refractivity contribution in [3.05, 3.63) is 52.0 Å². The zero-order valence-corrected chi connectivity index (χ0v) is 14.3. The van der Waals surface area contributed by atoms with Gasteiger partial charge in [-0.2, -0.15) is 13.2 Å². The summed E-state index contributed by atoms with van der Waals surface area (Å²) in [5.41, 5.74) is -0.943. The van der Waals surface area contributed by atoms with E-state index < -0.39 is 21.8 Å². The van der Waals surface area contributed by atoms with Gasteiger partial charge in [0.25, 0.3) is 10.0 Å². The van der Waals surface area contributed by atoms with Crippen molar-refractivity contribution in [2.24, 2.45) is 0 Å². The second-order valence-corrected chi connectivity index (χ2v) is 6.98. The fourth-order valence-corrected chi connectivity index (χ4v) is 3.72. The molecular weight excluding hydrogens is 390 g/mol. The van der Waals surface area contributed by atoms with Crippen LogP contribution in [0, 0.1) is 0 Å². The van der Waals surface area contributed by atoms with Gasteiger partial charge in [-0.3, -0.25) is 4.72 Å². The number of sulfonamides is 1. The SMILES string of the molecule is COc1ccc(S(=O)(=O)Nc2ccc(C(F)(F)F)cc2)c(Cl)c1Cl. The molecule has 2 aromatic rings. The molecule has 0 fully saturated rings. The smallest absolute Gasteiger partial charge is 0.416 e. The number of hydrogen-bond acceptors (Lipinski definition) is 3. The maximum absolute atomic E-state index is 12.5. The highest BCUT2D eigenvalue weighted by atomic mass is 35.5. The number of ether oxygens (including phenoxy) is 1. The van der Waals surface area contributed by atoms with Crippen LogP contribution < -0.4 is 9.46 Å². The van der Waals surface area contributed by atoms with Gasteiger partial charge >= 0.3 is 6.18 Å². The predicted octanol–water partition coefficient (Wildman–Crippen LogP) is 4.82. The minimum Gasteiger partial charge on any atom is -0.495 e. The first-order valence-electron chi connectivity index (χ1n) is 6.28. The molecule has 10 heteroatoms. The number of benzene rings is 2. The molecule has 0 saturated heterocycles. The van der Waals surface area contributed by atoms with Crippen LogP contribution in [-0.4, -0.2) is 15.5 Å². The van der Waals surface area contributed by atoms with Crippen LogP contribution in [-0.2, 0) is 16.2 Å². The zero-order chi connectivity index (χ0) is 18.1. The van der Waals surface area contributed by atoms with Crippen molar-refractivity contribution in [1.82, 2.24) is 0 Å². The first-order valence-corrected chi connectivity index (χ1v) is 8.52. The molecule has 0 aliphatic heterocycles. The van der Waals surface area contributed by atoms with Crippen molar-refractivity contribution >= 4 is 38.9 Å². The van der Waals surface area contributed by atoms with Crippen LogP contribution in [0.4, 0.5) is 18.9 Å². The molecule has 0 saturated carbocycles. The van der Waals surface area contributed by atoms with Crippen LogP contribution in [0.2, 0.25) is 10.0 Å². The molecule has 0 bridgehead atoms. The van der Waals surface area contributed by atoms with Gasteiger partial charge in [-0.15, -0.1) is 0 Å². The molecule has 1 N–H and O–H groups in total. The van der Waals surface area contributed by atoms with E-state index in [4.69, 9.17) is 27.9 Å². The molecule has 0 spiro atoms. The Morgan fingerprint density at radius 3 is 2.08 bits per heavy atom. The molecule has 0 atom stereocenters. The molecule has 0 unspecified atom stereocenters. The summed E-state index contributed by atoms with van der Waals surface area (Å²) in [5.74, 6) is 0.190. The van der Waals surface area contributed by atoms with E-state index in [-0.39, 0.29) is 26.4 Å². The summed E-state index contributed by atoms with van der Waals surface area (Å²) < 4.78 is 69.3. The van der Waals surface area contributed by atoms with Crippen molar-refractivity contribution in [3.8, 4) is 5.75 Å². The third-order valence-corrected chi connectivity index (χ3v) is 5.39. The lowest BCUT2D eigenvalue weighted by Gasteiger charge is -2.13. The summed E-state index contributed by atoms with van der Waals surface area (Å²) in [5, 5.41) is -0.343. The highest BCUT2D eigenvalue weighted by molar-refractivity contribution is 7.92. The zero-order valence-electron chi connectivity index (χ0n) is 12.0. The number of nitrogens with one attached hydrogen (secondary N) is 1. The Morgan fingerprint density at radius 1 is 1.00 bits per heavy atom. The summed E-state index contributed by atoms with van der Waals surface area (Å²) in [7, 11) is -2.80. The number of alkyl halides is 3. The second kappa shape index (κ2) is 6.70. The van der Waals surface area contributed by atoms with Gasteiger partial charge in [-0.25, -0.2) is 8.42 Å². The Labute approximate surface area is 146 Å². The molecule has 2 rings (SSSR count). The van der Waals surface area contributed by atoms with Gasteiger partial charge in [0.15, 0.2) is 0 Å². The third-order valence-electron chi connectivity index (χ3n) is 2.99. The highest BCUT2D eigenvalue weighted by Gasteiger charge is 2.30. The Hall–Kier alpha value is -1.64. The summed E-state index contributed by atoms with van der Waals surface area (Å²) in [6.45, 7) is 0. The average Bonchev–Trinajstić information content (AvgIpc) is 2.49. The van der Waals surface area contributed by atoms with E-state index in [2.05, 4.69) is 4.72 Å². The molecule has 0 aromatic heterocycles. The van der Waals surface area contributed by atoms with Crippen molar-refractivity contribution < 1.29 is 26.3 Å². The maximum Gasteiger partial charge on any atom is 0.416 e. The van der Waals surface area contributed by atoms with E-state index in [0.717, 1.165) is 24.3 Å². The molecule has 0 aliphatic carbocycles. The third kappa shape index (κ3) is 3.88. The normalized spacial score (nSPS) is 12.1. The molecule has 2 aromatic carbocycles. The van der Waals surface area contributed by atoms with Crippen molar-refractivity contribution in [3.63, 3.8) is 0 Å². The summed E-state index contributed by atoms with van der Waals surface area (Å²) in [6.07, 6.45) is -4.51. The molecule has 4 nitrogen and oxygen atoms in total. The number of methoxy groups -OCH3 is 1. The molecule has 24 heavy (non-hydrogen) atoms. The van der Waals surface area contributed by atoms with Crippen molar-refractivity contribution in [1.29, 1.82) is 0 Å². The number of rotatable bonds is 4. The molecule has 0 heterocycles. The Morgan fingerprint density at radius 2 is 1.58 bits per heavy atom. The van der Waals surface area contributed by atoms with E-state index in [1.807, 2.05) is 0 Å². The second-order valence-electron chi connectivity index (χ2n) is 4.57. The molecule has 0 radical (unpaired) electrons. The fourth-order valence-electron chi connectivity index (χ4n) is 1.82. The minimum atomic E-state index is -4.51.